The zero-order chi connectivity index (χ0) is 17.4. The Labute approximate surface area is 147 Å². The number of rotatable bonds is 4. The van der Waals surface area contributed by atoms with E-state index in [1.807, 2.05) is 0 Å². The summed E-state index contributed by atoms with van der Waals surface area (Å²) >= 11 is 0. The van der Waals surface area contributed by atoms with Crippen molar-refractivity contribution in [1.29, 1.82) is 0 Å². The number of benzene rings is 1. The van der Waals surface area contributed by atoms with Crippen molar-refractivity contribution in [2.45, 2.75) is 44.2 Å². The van der Waals surface area contributed by atoms with Crippen LogP contribution in [0.2, 0.25) is 0 Å². The molecule has 1 aromatic carbocycles. The summed E-state index contributed by atoms with van der Waals surface area (Å²) in [5.74, 6) is 1.15. The number of hydrogen-bond donors (Lipinski definition) is 1. The Morgan fingerprint density at radius 2 is 2.12 bits per heavy atom. The number of anilines is 1. The fourth-order valence-electron chi connectivity index (χ4n) is 3.76. The molecule has 25 heavy (non-hydrogen) atoms. The van der Waals surface area contributed by atoms with E-state index in [0.29, 0.717) is 17.7 Å². The van der Waals surface area contributed by atoms with Crippen LogP contribution in [0, 0.1) is 0 Å². The standard InChI is InChI=1S/C19H24N4O2/c1-22-17(12-18(21-22)25-2)20-19(24)23(14-10-11-14)16-9-5-7-13-6-3-4-8-15(13)16/h3-4,6,8,12,14,16H,5,7,9-11H2,1-2H3,(H,20,24). The summed E-state index contributed by atoms with van der Waals surface area (Å²) in [4.78, 5) is 15.1. The molecule has 0 spiro atoms. The van der Waals surface area contributed by atoms with Crippen LogP contribution in [-0.2, 0) is 13.5 Å². The van der Waals surface area contributed by atoms with Gasteiger partial charge in [-0.1, -0.05) is 24.3 Å². The largest absolute Gasteiger partial charge is 0.480 e. The van der Waals surface area contributed by atoms with Gasteiger partial charge in [-0.3, -0.25) is 5.32 Å². The SMILES string of the molecule is COc1cc(NC(=O)N(C2CC2)C2CCCc3ccccc32)n(C)n1. The Hall–Kier alpha value is -2.50. The van der Waals surface area contributed by atoms with Crippen molar-refractivity contribution in [2.24, 2.45) is 7.05 Å². The lowest BCUT2D eigenvalue weighted by Gasteiger charge is -2.36. The molecule has 1 heterocycles. The van der Waals surface area contributed by atoms with E-state index in [1.54, 1.807) is 24.9 Å². The molecule has 0 aliphatic heterocycles. The molecule has 2 aromatic rings. The Morgan fingerprint density at radius 1 is 1.32 bits per heavy atom. The Bertz CT molecular complexity index is 781. The van der Waals surface area contributed by atoms with Gasteiger partial charge < -0.3 is 9.64 Å². The summed E-state index contributed by atoms with van der Waals surface area (Å²) in [7, 11) is 3.37. The first-order valence-electron chi connectivity index (χ1n) is 8.92. The normalized spacial score (nSPS) is 19.2. The average molecular weight is 340 g/mol. The Balaban J connectivity index is 1.60. The van der Waals surface area contributed by atoms with Crippen LogP contribution in [-0.4, -0.2) is 33.9 Å². The molecule has 6 heteroatoms. The van der Waals surface area contributed by atoms with Gasteiger partial charge in [0.2, 0.25) is 5.88 Å². The van der Waals surface area contributed by atoms with Gasteiger partial charge in [-0.15, -0.1) is 5.10 Å². The molecule has 132 valence electrons. The van der Waals surface area contributed by atoms with E-state index in [-0.39, 0.29) is 12.1 Å². The predicted molar refractivity (Wildman–Crippen MR) is 95.8 cm³/mol. The number of urea groups is 1. The molecule has 0 radical (unpaired) electrons. The predicted octanol–water partition coefficient (Wildman–Crippen LogP) is 3.50. The maximum absolute atomic E-state index is 13.1. The molecule has 1 atom stereocenters. The van der Waals surface area contributed by atoms with Crippen LogP contribution in [0.25, 0.3) is 0 Å². The highest BCUT2D eigenvalue weighted by Crippen LogP contribution is 2.41. The smallest absolute Gasteiger partial charge is 0.323 e. The number of amides is 2. The molecule has 6 nitrogen and oxygen atoms in total. The third-order valence-corrected chi connectivity index (χ3v) is 5.15. The number of methoxy groups -OCH3 is 1. The van der Waals surface area contributed by atoms with Gasteiger partial charge in [-0.2, -0.15) is 0 Å². The zero-order valence-electron chi connectivity index (χ0n) is 14.7. The number of fused-ring (bicyclic) bond motifs is 1. The van der Waals surface area contributed by atoms with Crippen LogP contribution in [0.5, 0.6) is 5.88 Å². The van der Waals surface area contributed by atoms with E-state index in [1.165, 1.54) is 11.1 Å². The van der Waals surface area contributed by atoms with Crippen LogP contribution >= 0.6 is 0 Å². The highest BCUT2D eigenvalue weighted by atomic mass is 16.5. The minimum Gasteiger partial charge on any atom is -0.480 e. The molecule has 2 aliphatic rings. The first kappa shape index (κ1) is 16.0. The molecule has 2 aliphatic carbocycles. The Kier molecular flexibility index (Phi) is 4.11. The first-order valence-corrected chi connectivity index (χ1v) is 8.92. The van der Waals surface area contributed by atoms with Gasteiger partial charge >= 0.3 is 6.03 Å². The van der Waals surface area contributed by atoms with Gasteiger partial charge in [0.15, 0.2) is 0 Å². The van der Waals surface area contributed by atoms with Crippen molar-refractivity contribution in [2.75, 3.05) is 12.4 Å². The minimum absolute atomic E-state index is 0.0464. The van der Waals surface area contributed by atoms with Crippen LogP contribution in [0.4, 0.5) is 10.6 Å². The molecular weight excluding hydrogens is 316 g/mol. The molecule has 0 bridgehead atoms. The molecule has 4 rings (SSSR count). The lowest BCUT2D eigenvalue weighted by Crippen LogP contribution is -2.41. The van der Waals surface area contributed by atoms with E-state index in [9.17, 15) is 4.79 Å². The van der Waals surface area contributed by atoms with Gasteiger partial charge in [-0.05, 0) is 43.2 Å². The summed E-state index contributed by atoms with van der Waals surface area (Å²) in [6, 6.07) is 10.7. The van der Waals surface area contributed by atoms with E-state index in [2.05, 4.69) is 39.6 Å². The lowest BCUT2D eigenvalue weighted by molar-refractivity contribution is 0.174. The maximum atomic E-state index is 13.1. The second-order valence-corrected chi connectivity index (χ2v) is 6.87. The number of nitrogens with one attached hydrogen (secondary N) is 1. The number of hydrogen-bond acceptors (Lipinski definition) is 3. The van der Waals surface area contributed by atoms with Crippen molar-refractivity contribution in [3.8, 4) is 5.88 Å². The van der Waals surface area contributed by atoms with Crippen LogP contribution in [0.1, 0.15) is 42.9 Å². The molecule has 1 aromatic heterocycles. The summed E-state index contributed by atoms with van der Waals surface area (Å²) in [6.07, 6.45) is 5.42. The second-order valence-electron chi connectivity index (χ2n) is 6.87. The Morgan fingerprint density at radius 3 is 2.84 bits per heavy atom. The second kappa shape index (κ2) is 6.43. The molecule has 1 saturated carbocycles. The number of carbonyl (C=O) groups is 1. The van der Waals surface area contributed by atoms with Crippen molar-refractivity contribution in [3.63, 3.8) is 0 Å². The van der Waals surface area contributed by atoms with Crippen LogP contribution < -0.4 is 10.1 Å². The summed E-state index contributed by atoms with van der Waals surface area (Å²) < 4.78 is 6.78. The summed E-state index contributed by atoms with van der Waals surface area (Å²) in [5.41, 5.74) is 2.68. The number of aromatic nitrogens is 2. The molecule has 1 unspecified atom stereocenters. The number of nitrogens with zero attached hydrogens (tertiary/aromatic N) is 3. The van der Waals surface area contributed by atoms with Gasteiger partial charge in [0.05, 0.1) is 13.2 Å². The molecular formula is C19H24N4O2. The molecule has 1 fully saturated rings. The van der Waals surface area contributed by atoms with Gasteiger partial charge in [0.1, 0.15) is 5.82 Å². The quantitative estimate of drug-likeness (QED) is 0.927. The molecule has 1 N–H and O–H groups in total. The topological polar surface area (TPSA) is 59.4 Å². The third kappa shape index (κ3) is 3.08. The molecule has 0 saturated heterocycles. The van der Waals surface area contributed by atoms with E-state index < -0.39 is 0 Å². The van der Waals surface area contributed by atoms with Crippen molar-refractivity contribution in [3.05, 3.63) is 41.5 Å². The highest BCUT2D eigenvalue weighted by molar-refractivity contribution is 5.89. The summed E-state index contributed by atoms with van der Waals surface area (Å²) in [5, 5.41) is 7.23. The van der Waals surface area contributed by atoms with Gasteiger partial charge in [0, 0.05) is 19.2 Å². The highest BCUT2D eigenvalue weighted by Gasteiger charge is 2.39. The average Bonchev–Trinajstić information content (AvgIpc) is 3.39. The fourth-order valence-corrected chi connectivity index (χ4v) is 3.76. The first-order chi connectivity index (χ1) is 12.2. The van der Waals surface area contributed by atoms with E-state index in [0.717, 1.165) is 32.1 Å². The van der Waals surface area contributed by atoms with Gasteiger partial charge in [-0.25, -0.2) is 9.48 Å². The number of ether oxygens (including phenoxy) is 1. The van der Waals surface area contributed by atoms with Crippen molar-refractivity contribution < 1.29 is 9.53 Å². The third-order valence-electron chi connectivity index (χ3n) is 5.15. The van der Waals surface area contributed by atoms with Crippen LogP contribution in [0.3, 0.4) is 0 Å². The van der Waals surface area contributed by atoms with E-state index >= 15 is 0 Å². The maximum Gasteiger partial charge on any atom is 0.323 e. The van der Waals surface area contributed by atoms with Crippen molar-refractivity contribution in [1.82, 2.24) is 14.7 Å². The number of carbonyl (C=O) groups excluding carboxylic acids is 1. The fraction of sp³-hybridized carbons (Fsp3) is 0.474. The monoisotopic (exact) mass is 340 g/mol. The van der Waals surface area contributed by atoms with Gasteiger partial charge in [0.25, 0.3) is 0 Å². The zero-order valence-corrected chi connectivity index (χ0v) is 14.7. The minimum atomic E-state index is -0.0464. The number of aryl methyl sites for hydroxylation is 2. The van der Waals surface area contributed by atoms with E-state index in [4.69, 9.17) is 4.74 Å². The van der Waals surface area contributed by atoms with Crippen LogP contribution in [0.15, 0.2) is 30.3 Å². The van der Waals surface area contributed by atoms with Crippen molar-refractivity contribution >= 4 is 11.8 Å². The summed E-state index contributed by atoms with van der Waals surface area (Å²) in [6.45, 7) is 0. The molecule has 2 amide bonds. The lowest BCUT2D eigenvalue weighted by atomic mass is 9.87.